The highest BCUT2D eigenvalue weighted by atomic mass is 35.5. The van der Waals surface area contributed by atoms with E-state index in [1.165, 1.54) is 4.31 Å². The van der Waals surface area contributed by atoms with Gasteiger partial charge >= 0.3 is 0 Å². The van der Waals surface area contributed by atoms with Crippen LogP contribution >= 0.6 is 11.6 Å². The van der Waals surface area contributed by atoms with Crippen molar-refractivity contribution in [1.82, 2.24) is 15.1 Å². The average Bonchev–Trinajstić information content (AvgIpc) is 3.48. The average molecular weight is 671 g/mol. The SMILES string of the molecule is COc1cc(N2CCC(N3CCN(C)CC3)CC2)ccc1NC1=NC(N)(c2cccc3c2N(S(=O)(=O)C(C)(C)C)CC3)C(Cl)=CN1. The molecule has 4 N–H and O–H groups in total. The minimum absolute atomic E-state index is 0.244. The van der Waals surface area contributed by atoms with Crippen LogP contribution < -0.4 is 30.3 Å². The molecule has 0 bridgehead atoms. The van der Waals surface area contributed by atoms with E-state index in [-0.39, 0.29) is 5.03 Å². The lowest BCUT2D eigenvalue weighted by Gasteiger charge is -2.42. The summed E-state index contributed by atoms with van der Waals surface area (Å²) in [6.07, 6.45) is 4.48. The number of para-hydroxylation sites is 1. The molecule has 0 spiro atoms. The number of piperazine rings is 1. The van der Waals surface area contributed by atoms with Crippen LogP contribution in [-0.4, -0.2) is 94.9 Å². The molecule has 4 aliphatic rings. The van der Waals surface area contributed by atoms with Crippen LogP contribution in [0.3, 0.4) is 0 Å². The summed E-state index contributed by atoms with van der Waals surface area (Å²) in [6, 6.07) is 12.4. The Morgan fingerprint density at radius 3 is 2.46 bits per heavy atom. The lowest BCUT2D eigenvalue weighted by Crippen LogP contribution is -2.52. The number of anilines is 3. The predicted octanol–water partition coefficient (Wildman–Crippen LogP) is 3.67. The molecule has 2 saturated heterocycles. The molecule has 1 unspecified atom stereocenters. The smallest absolute Gasteiger partial charge is 0.240 e. The zero-order valence-electron chi connectivity index (χ0n) is 27.5. The van der Waals surface area contributed by atoms with Gasteiger partial charge in [0.25, 0.3) is 0 Å². The Labute approximate surface area is 278 Å². The maximum absolute atomic E-state index is 13.6. The van der Waals surface area contributed by atoms with Crippen LogP contribution in [0.2, 0.25) is 0 Å². The molecule has 6 rings (SSSR count). The van der Waals surface area contributed by atoms with Gasteiger partial charge in [0.15, 0.2) is 5.66 Å². The molecule has 0 amide bonds. The summed E-state index contributed by atoms with van der Waals surface area (Å²) in [5, 5.41) is 6.68. The first kappa shape index (κ1) is 32.9. The van der Waals surface area contributed by atoms with E-state index in [1.807, 2.05) is 18.2 Å². The number of hydrogen-bond acceptors (Lipinski definition) is 10. The van der Waals surface area contributed by atoms with Crippen LogP contribution in [0.15, 0.2) is 52.6 Å². The number of rotatable bonds is 6. The van der Waals surface area contributed by atoms with Crippen LogP contribution in [0.25, 0.3) is 0 Å². The van der Waals surface area contributed by atoms with E-state index in [0.717, 1.165) is 63.4 Å². The molecule has 2 fully saturated rings. The number of ether oxygens (including phenoxy) is 1. The number of likely N-dealkylation sites (N-methyl/N-ethyl adjacent to an activating group) is 1. The zero-order valence-corrected chi connectivity index (χ0v) is 29.1. The fourth-order valence-corrected chi connectivity index (χ4v) is 8.49. The quantitative estimate of drug-likeness (QED) is 0.423. The molecule has 11 nitrogen and oxygen atoms in total. The maximum atomic E-state index is 13.6. The highest BCUT2D eigenvalue weighted by molar-refractivity contribution is 7.94. The molecule has 0 aliphatic carbocycles. The van der Waals surface area contributed by atoms with Gasteiger partial charge in [-0.1, -0.05) is 29.8 Å². The summed E-state index contributed by atoms with van der Waals surface area (Å²) in [4.78, 5) is 12.3. The van der Waals surface area contributed by atoms with E-state index >= 15 is 0 Å². The molecule has 0 radical (unpaired) electrons. The number of nitrogens with zero attached hydrogens (tertiary/aromatic N) is 5. The van der Waals surface area contributed by atoms with Gasteiger partial charge in [0, 0.05) is 75.4 Å². The zero-order chi connectivity index (χ0) is 32.9. The van der Waals surface area contributed by atoms with E-state index in [0.29, 0.717) is 47.7 Å². The molecule has 2 aromatic carbocycles. The van der Waals surface area contributed by atoms with Crippen molar-refractivity contribution in [3.8, 4) is 5.75 Å². The Morgan fingerprint density at radius 1 is 1.07 bits per heavy atom. The largest absolute Gasteiger partial charge is 0.494 e. The number of sulfonamides is 1. The number of guanidine groups is 1. The van der Waals surface area contributed by atoms with Crippen molar-refractivity contribution in [2.45, 2.75) is 56.5 Å². The van der Waals surface area contributed by atoms with Crippen LogP contribution in [0, 0.1) is 0 Å². The van der Waals surface area contributed by atoms with Crippen molar-refractivity contribution in [2.24, 2.45) is 10.7 Å². The molecule has 4 aliphatic heterocycles. The Hall–Kier alpha value is -3.03. The molecule has 46 heavy (non-hydrogen) atoms. The first-order valence-corrected chi connectivity index (χ1v) is 17.9. The Balaban J connectivity index is 1.22. The predicted molar refractivity (Wildman–Crippen MR) is 187 cm³/mol. The van der Waals surface area contributed by atoms with Gasteiger partial charge in [0.2, 0.25) is 16.0 Å². The molecular formula is C33H47ClN8O3S. The number of fused-ring (bicyclic) bond motifs is 1. The Morgan fingerprint density at radius 2 is 1.78 bits per heavy atom. The molecule has 250 valence electrons. The molecule has 0 saturated carbocycles. The first-order chi connectivity index (χ1) is 21.8. The number of hydrogen-bond donors (Lipinski definition) is 3. The minimum Gasteiger partial charge on any atom is -0.494 e. The van der Waals surface area contributed by atoms with Gasteiger partial charge in [0.1, 0.15) is 5.75 Å². The van der Waals surface area contributed by atoms with Gasteiger partial charge in [-0.25, -0.2) is 13.4 Å². The van der Waals surface area contributed by atoms with Crippen LogP contribution in [0.1, 0.15) is 44.7 Å². The van der Waals surface area contributed by atoms with Gasteiger partial charge < -0.3 is 25.2 Å². The second-order valence-corrected chi connectivity index (χ2v) is 16.7. The van der Waals surface area contributed by atoms with Gasteiger partial charge in [-0.15, -0.1) is 0 Å². The molecule has 1 atom stereocenters. The number of methoxy groups -OCH3 is 1. The number of aliphatic imine (C=N–C) groups is 1. The summed E-state index contributed by atoms with van der Waals surface area (Å²) >= 11 is 6.75. The summed E-state index contributed by atoms with van der Waals surface area (Å²) in [7, 11) is 0.175. The summed E-state index contributed by atoms with van der Waals surface area (Å²) in [5.74, 6) is 1.04. The van der Waals surface area contributed by atoms with Gasteiger partial charge in [-0.2, -0.15) is 0 Å². The third-order valence-corrected chi connectivity index (χ3v) is 12.6. The first-order valence-electron chi connectivity index (χ1n) is 16.1. The van der Waals surface area contributed by atoms with E-state index in [4.69, 9.17) is 27.1 Å². The fraction of sp³-hybridized carbons (Fsp3) is 0.545. The number of halogens is 1. The number of nitrogens with two attached hydrogens (primary N) is 1. The number of benzene rings is 2. The van der Waals surface area contributed by atoms with Gasteiger partial charge in [0.05, 0.1) is 28.3 Å². The highest BCUT2D eigenvalue weighted by Gasteiger charge is 2.44. The lowest BCUT2D eigenvalue weighted by molar-refractivity contribution is 0.0982. The van der Waals surface area contributed by atoms with Gasteiger partial charge in [-0.05, 0) is 64.8 Å². The summed E-state index contributed by atoms with van der Waals surface area (Å²) in [5.41, 5.74) is 9.28. The topological polar surface area (TPSA) is 119 Å². The van der Waals surface area contributed by atoms with Crippen molar-refractivity contribution in [3.63, 3.8) is 0 Å². The lowest BCUT2D eigenvalue weighted by atomic mass is 9.95. The molecule has 2 aromatic rings. The highest BCUT2D eigenvalue weighted by Crippen LogP contribution is 2.45. The van der Waals surface area contributed by atoms with Crippen molar-refractivity contribution >= 4 is 44.6 Å². The fourth-order valence-electron chi connectivity index (χ4n) is 6.84. The van der Waals surface area contributed by atoms with Crippen molar-refractivity contribution in [1.29, 1.82) is 0 Å². The van der Waals surface area contributed by atoms with Crippen molar-refractivity contribution in [3.05, 3.63) is 58.8 Å². The standard InChI is InChI=1S/C33H47ClN8O3S/c1-32(2,3)46(43,44)42-16-11-23-7-6-8-26(30(23)42)33(35)29(34)22-36-31(38-33)37-27-10-9-25(21-28(27)45-5)40-14-12-24(13-15-40)41-19-17-39(4)18-20-41/h6-10,21-22,24H,11-20,35H2,1-5H3,(H2,36,37,38). The number of nitrogens with one attached hydrogen (secondary N) is 2. The van der Waals surface area contributed by atoms with Gasteiger partial charge in [-0.3, -0.25) is 14.9 Å². The molecule has 0 aromatic heterocycles. The number of piperidine rings is 1. The molecular weight excluding hydrogens is 624 g/mol. The van der Waals surface area contributed by atoms with E-state index in [2.05, 4.69) is 44.5 Å². The van der Waals surface area contributed by atoms with Crippen LogP contribution in [0.5, 0.6) is 5.75 Å². The normalized spacial score (nSPS) is 23.5. The second kappa shape index (κ2) is 12.5. The Bertz CT molecular complexity index is 1630. The summed E-state index contributed by atoms with van der Waals surface area (Å²) < 4.78 is 33.5. The van der Waals surface area contributed by atoms with E-state index in [1.54, 1.807) is 40.1 Å². The van der Waals surface area contributed by atoms with Crippen LogP contribution in [0.4, 0.5) is 17.1 Å². The van der Waals surface area contributed by atoms with E-state index in [9.17, 15) is 8.42 Å². The van der Waals surface area contributed by atoms with Crippen LogP contribution in [-0.2, 0) is 22.1 Å². The third-order valence-electron chi connectivity index (χ3n) is 9.74. The molecule has 4 heterocycles. The molecule has 13 heteroatoms. The van der Waals surface area contributed by atoms with E-state index < -0.39 is 20.4 Å². The minimum atomic E-state index is -3.68. The van der Waals surface area contributed by atoms with Crippen molar-refractivity contribution in [2.75, 3.05) is 74.5 Å². The summed E-state index contributed by atoms with van der Waals surface area (Å²) in [6.45, 7) is 12.0. The monoisotopic (exact) mass is 670 g/mol. The third kappa shape index (κ3) is 6.06. The maximum Gasteiger partial charge on any atom is 0.240 e. The van der Waals surface area contributed by atoms with Crippen molar-refractivity contribution < 1.29 is 13.2 Å². The Kier molecular flexibility index (Phi) is 8.96. The second-order valence-electron chi connectivity index (χ2n) is 13.7.